The summed E-state index contributed by atoms with van der Waals surface area (Å²) in [6, 6.07) is 17.4. The van der Waals surface area contributed by atoms with Crippen LogP contribution in [-0.2, 0) is 0 Å². The number of rotatable bonds is 9. The zero-order valence-corrected chi connectivity index (χ0v) is 21.1. The molecule has 0 aliphatic heterocycles. The van der Waals surface area contributed by atoms with Gasteiger partial charge in [0.25, 0.3) is 0 Å². The van der Waals surface area contributed by atoms with Crippen molar-refractivity contribution < 1.29 is 28.4 Å². The van der Waals surface area contributed by atoms with Crippen LogP contribution in [0.15, 0.2) is 54.6 Å². The van der Waals surface area contributed by atoms with Gasteiger partial charge in [0.05, 0.1) is 0 Å². The molecule has 0 amide bonds. The van der Waals surface area contributed by atoms with Gasteiger partial charge in [-0.25, -0.2) is 0 Å². The van der Waals surface area contributed by atoms with Crippen LogP contribution in [0.2, 0.25) is 0 Å². The van der Waals surface area contributed by atoms with E-state index in [9.17, 15) is 0 Å². The molecule has 7 heteroatoms. The van der Waals surface area contributed by atoms with Crippen LogP contribution in [0.4, 0.5) is 0 Å². The van der Waals surface area contributed by atoms with Crippen LogP contribution in [-0.4, -0.2) is 62.9 Å². The number of hydrogen-bond acceptors (Lipinski definition) is 6. The Hall–Kier alpha value is -2.72. The zero-order valence-electron chi connectivity index (χ0n) is 18.6. The Labute approximate surface area is 190 Å². The van der Waals surface area contributed by atoms with Gasteiger partial charge in [0.15, 0.2) is 0 Å². The molecule has 0 aromatic heterocycles. The fourth-order valence-corrected chi connectivity index (χ4v) is 12.0. The summed E-state index contributed by atoms with van der Waals surface area (Å²) in [4.78, 5) is 0. The third-order valence-electron chi connectivity index (χ3n) is 4.88. The molecule has 0 bridgehead atoms. The Bertz CT molecular complexity index is 838. The summed E-state index contributed by atoms with van der Waals surface area (Å²) in [5.41, 5.74) is 0. The van der Waals surface area contributed by atoms with Crippen molar-refractivity contribution in [3.8, 4) is 34.5 Å². The molecule has 3 rings (SSSR count). The van der Waals surface area contributed by atoms with Crippen molar-refractivity contribution >= 4 is 30.7 Å². The monoisotopic (exact) mass is 532 g/mol. The zero-order chi connectivity index (χ0) is 22.4. The van der Waals surface area contributed by atoms with Gasteiger partial charge in [0.1, 0.15) is 0 Å². The molecule has 6 nitrogen and oxygen atoms in total. The Kier molecular flexibility index (Phi) is 7.80. The van der Waals surface area contributed by atoms with E-state index in [2.05, 4.69) is 0 Å². The molecule has 0 saturated carbocycles. The van der Waals surface area contributed by atoms with Gasteiger partial charge in [0, 0.05) is 0 Å². The van der Waals surface area contributed by atoms with Crippen molar-refractivity contribution in [2.75, 3.05) is 42.7 Å². The number of hydrogen-bond donors (Lipinski definition) is 0. The second-order valence-corrected chi connectivity index (χ2v) is 12.1. The maximum absolute atomic E-state index is 5.81. The first kappa shape index (κ1) is 23.0. The fourth-order valence-electron chi connectivity index (χ4n) is 3.49. The van der Waals surface area contributed by atoms with Gasteiger partial charge in [0.2, 0.25) is 0 Å². The number of benzene rings is 3. The summed E-state index contributed by atoms with van der Waals surface area (Å²) in [5, 5.41) is 0. The van der Waals surface area contributed by atoms with E-state index < -0.39 is 20.2 Å². The average Bonchev–Trinajstić information content (AvgIpc) is 2.83. The predicted octanol–water partition coefficient (Wildman–Crippen LogP) is 2.25. The van der Waals surface area contributed by atoms with Gasteiger partial charge in [-0.1, -0.05) is 0 Å². The third-order valence-corrected chi connectivity index (χ3v) is 12.5. The van der Waals surface area contributed by atoms with Crippen LogP contribution in [0.3, 0.4) is 0 Å². The molecular weight excluding hydrogens is 506 g/mol. The van der Waals surface area contributed by atoms with Gasteiger partial charge in [-0.3, -0.25) is 0 Å². The normalized spacial score (nSPS) is 10.5. The van der Waals surface area contributed by atoms with E-state index in [1.165, 1.54) is 0 Å². The molecule has 3 aromatic carbocycles. The van der Waals surface area contributed by atoms with Gasteiger partial charge >= 0.3 is 191 Å². The molecule has 31 heavy (non-hydrogen) atoms. The van der Waals surface area contributed by atoms with E-state index in [1.807, 2.05) is 54.6 Å². The second kappa shape index (κ2) is 10.5. The van der Waals surface area contributed by atoms with Gasteiger partial charge < -0.3 is 0 Å². The third kappa shape index (κ3) is 4.35. The Balaban J connectivity index is 2.52. The average molecular weight is 533 g/mol. The van der Waals surface area contributed by atoms with Crippen molar-refractivity contribution in [1.82, 2.24) is 0 Å². The topological polar surface area (TPSA) is 55.4 Å². The van der Waals surface area contributed by atoms with E-state index in [0.717, 1.165) is 45.0 Å². The molecule has 0 spiro atoms. The molecule has 0 fully saturated rings. The minimum atomic E-state index is -3.03. The van der Waals surface area contributed by atoms with Crippen LogP contribution in [0.5, 0.6) is 34.5 Å². The summed E-state index contributed by atoms with van der Waals surface area (Å²) >= 11 is -3.03. The van der Waals surface area contributed by atoms with Crippen LogP contribution < -0.4 is 39.0 Å². The van der Waals surface area contributed by atoms with Crippen LogP contribution in [0.1, 0.15) is 0 Å². The Morgan fingerprint density at radius 1 is 0.387 bits per heavy atom. The Morgan fingerprint density at radius 2 is 0.581 bits per heavy atom. The predicted molar refractivity (Wildman–Crippen MR) is 123 cm³/mol. The van der Waals surface area contributed by atoms with E-state index in [0.29, 0.717) is 0 Å². The first-order valence-electron chi connectivity index (χ1n) is 9.58. The van der Waals surface area contributed by atoms with Crippen molar-refractivity contribution in [2.45, 2.75) is 0 Å². The number of methoxy groups -OCH3 is 6. The molecule has 0 saturated heterocycles. The summed E-state index contributed by atoms with van der Waals surface area (Å²) < 4.78 is 37.8. The molecule has 164 valence electrons. The van der Waals surface area contributed by atoms with Gasteiger partial charge in [-0.15, -0.1) is 0 Å². The molecule has 3 aromatic rings. The van der Waals surface area contributed by atoms with Crippen molar-refractivity contribution in [1.29, 1.82) is 0 Å². The summed E-state index contributed by atoms with van der Waals surface area (Å²) in [7, 11) is 9.98. The van der Waals surface area contributed by atoms with E-state index in [4.69, 9.17) is 28.4 Å². The number of ether oxygens (including phenoxy) is 6. The van der Waals surface area contributed by atoms with Gasteiger partial charge in [-0.2, -0.15) is 0 Å². The molecule has 0 radical (unpaired) electrons. The van der Waals surface area contributed by atoms with E-state index in [1.54, 1.807) is 42.7 Å². The first-order valence-corrected chi connectivity index (χ1v) is 13.4. The van der Waals surface area contributed by atoms with E-state index >= 15 is 0 Å². The minimum absolute atomic E-state index is 0.739. The molecule has 0 aliphatic carbocycles. The molecule has 0 unspecified atom stereocenters. The van der Waals surface area contributed by atoms with Crippen molar-refractivity contribution in [3.63, 3.8) is 0 Å². The molecule has 0 atom stereocenters. The second-order valence-electron chi connectivity index (χ2n) is 6.37. The van der Waals surface area contributed by atoms with Crippen LogP contribution >= 0.6 is 0 Å². The van der Waals surface area contributed by atoms with Gasteiger partial charge in [-0.05, 0) is 0 Å². The van der Waals surface area contributed by atoms with E-state index in [-0.39, 0.29) is 0 Å². The maximum atomic E-state index is 5.81. The molecular formula is C24H27O6Sb. The summed E-state index contributed by atoms with van der Waals surface area (Å²) in [6.07, 6.45) is 0. The SMILES string of the molecule is COc1cccc(OC)[c]1[Sb]([c]1c(OC)cccc1OC)[c]1c(OC)cccc1OC. The fraction of sp³-hybridized carbons (Fsp3) is 0.250. The first-order chi connectivity index (χ1) is 15.1. The van der Waals surface area contributed by atoms with Crippen LogP contribution in [0, 0.1) is 0 Å². The van der Waals surface area contributed by atoms with Crippen LogP contribution in [0.25, 0.3) is 0 Å². The standard InChI is InChI=1S/3C8H9O2.Sb/c3*1-9-7-4-3-5-8(6-7)10-2;/h3*3-5H,1-2H3;. The molecule has 0 N–H and O–H groups in total. The summed E-state index contributed by atoms with van der Waals surface area (Å²) in [5.74, 6) is 4.43. The molecule has 0 heterocycles. The Morgan fingerprint density at radius 3 is 0.742 bits per heavy atom. The molecule has 0 aliphatic rings. The summed E-state index contributed by atoms with van der Waals surface area (Å²) in [6.45, 7) is 0. The van der Waals surface area contributed by atoms with Crippen molar-refractivity contribution in [3.05, 3.63) is 54.6 Å². The van der Waals surface area contributed by atoms with Crippen molar-refractivity contribution in [2.24, 2.45) is 0 Å². The quantitative estimate of drug-likeness (QED) is 0.394.